The average molecular weight is 344 g/mol. The summed E-state index contributed by atoms with van der Waals surface area (Å²) in [6, 6.07) is 5.74. The molecular formula is C15H22ClN3O4. The number of non-ortho nitro benzene ring substituents is 1. The van der Waals surface area contributed by atoms with Crippen molar-refractivity contribution in [3.05, 3.63) is 34.4 Å². The zero-order chi connectivity index (χ0) is 15.9. The van der Waals surface area contributed by atoms with E-state index in [-0.39, 0.29) is 30.6 Å². The van der Waals surface area contributed by atoms with Crippen LogP contribution in [0, 0.1) is 16.0 Å². The highest BCUT2D eigenvalue weighted by atomic mass is 35.5. The summed E-state index contributed by atoms with van der Waals surface area (Å²) >= 11 is 0. The number of benzene rings is 1. The van der Waals surface area contributed by atoms with Gasteiger partial charge in [0.25, 0.3) is 11.6 Å². The summed E-state index contributed by atoms with van der Waals surface area (Å²) in [6.45, 7) is 2.39. The molecule has 2 rings (SSSR count). The Hall–Kier alpha value is -1.86. The number of nitro benzene ring substituents is 1. The zero-order valence-electron chi connectivity index (χ0n) is 13.1. The molecule has 8 heteroatoms. The molecule has 1 heterocycles. The van der Waals surface area contributed by atoms with E-state index in [0.29, 0.717) is 11.7 Å². The van der Waals surface area contributed by atoms with E-state index in [4.69, 9.17) is 4.74 Å². The standard InChI is InChI=1S/C15H21N3O4.ClH/c1-16-9-12-3-2-8-17(10-12)15(19)11-22-14-6-4-13(5-7-14)18(20)21;/h4-7,12,16H,2-3,8-11H2,1H3;1H. The second kappa shape index (κ2) is 9.32. The average Bonchev–Trinajstić information content (AvgIpc) is 2.53. The first-order valence-corrected chi connectivity index (χ1v) is 7.39. The number of amides is 1. The Kier molecular flexibility index (Phi) is 7.77. The molecule has 1 amide bonds. The van der Waals surface area contributed by atoms with E-state index in [9.17, 15) is 14.9 Å². The normalized spacial score (nSPS) is 17.3. The maximum atomic E-state index is 12.2. The van der Waals surface area contributed by atoms with E-state index in [1.165, 1.54) is 24.3 Å². The van der Waals surface area contributed by atoms with Gasteiger partial charge in [0.05, 0.1) is 4.92 Å². The molecule has 1 unspecified atom stereocenters. The first-order valence-electron chi connectivity index (χ1n) is 7.39. The number of nitrogens with one attached hydrogen (secondary N) is 1. The van der Waals surface area contributed by atoms with Gasteiger partial charge in [-0.2, -0.15) is 0 Å². The van der Waals surface area contributed by atoms with Crippen LogP contribution >= 0.6 is 12.4 Å². The minimum absolute atomic E-state index is 0. The number of likely N-dealkylation sites (tertiary alicyclic amines) is 1. The number of piperidine rings is 1. The van der Waals surface area contributed by atoms with Gasteiger partial charge in [-0.3, -0.25) is 14.9 Å². The SMILES string of the molecule is CNCC1CCCN(C(=O)COc2ccc([N+](=O)[O-])cc2)C1.Cl. The van der Waals surface area contributed by atoms with Gasteiger partial charge in [0.2, 0.25) is 0 Å². The minimum Gasteiger partial charge on any atom is -0.484 e. The molecule has 1 saturated heterocycles. The van der Waals surface area contributed by atoms with Crippen LogP contribution in [0.5, 0.6) is 5.75 Å². The molecule has 1 fully saturated rings. The molecule has 1 aromatic rings. The maximum absolute atomic E-state index is 12.2. The number of carbonyl (C=O) groups excluding carboxylic acids is 1. The fourth-order valence-electron chi connectivity index (χ4n) is 2.65. The zero-order valence-corrected chi connectivity index (χ0v) is 13.9. The highest BCUT2D eigenvalue weighted by Gasteiger charge is 2.23. The Labute approximate surface area is 141 Å². The van der Waals surface area contributed by atoms with Gasteiger partial charge in [0.15, 0.2) is 6.61 Å². The summed E-state index contributed by atoms with van der Waals surface area (Å²) < 4.78 is 5.42. The van der Waals surface area contributed by atoms with E-state index in [1.807, 2.05) is 11.9 Å². The number of hydrogen-bond donors (Lipinski definition) is 1. The molecule has 0 saturated carbocycles. The van der Waals surface area contributed by atoms with Crippen LogP contribution in [0.25, 0.3) is 0 Å². The van der Waals surface area contributed by atoms with Crippen LogP contribution in [0.2, 0.25) is 0 Å². The third-order valence-electron chi connectivity index (χ3n) is 3.77. The molecule has 1 N–H and O–H groups in total. The molecule has 7 nitrogen and oxygen atoms in total. The molecule has 1 atom stereocenters. The van der Waals surface area contributed by atoms with Crippen LogP contribution < -0.4 is 10.1 Å². The molecule has 0 aromatic heterocycles. The number of halogens is 1. The van der Waals surface area contributed by atoms with Gasteiger partial charge < -0.3 is 15.0 Å². The van der Waals surface area contributed by atoms with Gasteiger partial charge in [-0.25, -0.2) is 0 Å². The Morgan fingerprint density at radius 1 is 1.43 bits per heavy atom. The smallest absolute Gasteiger partial charge is 0.269 e. The van der Waals surface area contributed by atoms with Crippen molar-refractivity contribution in [3.8, 4) is 5.75 Å². The van der Waals surface area contributed by atoms with Gasteiger partial charge in [-0.15, -0.1) is 12.4 Å². The number of rotatable bonds is 6. The first-order chi connectivity index (χ1) is 10.6. The van der Waals surface area contributed by atoms with Gasteiger partial charge in [-0.1, -0.05) is 0 Å². The van der Waals surface area contributed by atoms with Crippen LogP contribution in [0.15, 0.2) is 24.3 Å². The van der Waals surface area contributed by atoms with E-state index in [2.05, 4.69) is 5.32 Å². The monoisotopic (exact) mass is 343 g/mol. The Balaban J connectivity index is 0.00000264. The van der Waals surface area contributed by atoms with Crippen LogP contribution in [0.3, 0.4) is 0 Å². The van der Waals surface area contributed by atoms with Crippen molar-refractivity contribution in [1.29, 1.82) is 0 Å². The second-order valence-corrected chi connectivity index (χ2v) is 5.45. The molecule has 1 aliphatic rings. The summed E-state index contributed by atoms with van der Waals surface area (Å²) in [7, 11) is 1.92. The van der Waals surface area contributed by atoms with Crippen molar-refractivity contribution in [3.63, 3.8) is 0 Å². The quantitative estimate of drug-likeness (QED) is 0.629. The summed E-state index contributed by atoms with van der Waals surface area (Å²) in [5, 5.41) is 13.7. The lowest BCUT2D eigenvalue weighted by Gasteiger charge is -2.32. The van der Waals surface area contributed by atoms with Crippen molar-refractivity contribution in [1.82, 2.24) is 10.2 Å². The number of hydrogen-bond acceptors (Lipinski definition) is 5. The summed E-state index contributed by atoms with van der Waals surface area (Å²) in [5.74, 6) is 0.906. The lowest BCUT2D eigenvalue weighted by Crippen LogP contribution is -2.44. The van der Waals surface area contributed by atoms with E-state index in [1.54, 1.807) is 0 Å². The molecule has 0 spiro atoms. The largest absolute Gasteiger partial charge is 0.484 e. The van der Waals surface area contributed by atoms with Crippen molar-refractivity contribution < 1.29 is 14.5 Å². The molecule has 1 aromatic carbocycles. The van der Waals surface area contributed by atoms with Crippen molar-refractivity contribution >= 4 is 24.0 Å². The Morgan fingerprint density at radius 2 is 2.13 bits per heavy atom. The van der Waals surface area contributed by atoms with Gasteiger partial charge >= 0.3 is 0 Å². The van der Waals surface area contributed by atoms with Crippen LogP contribution in [-0.2, 0) is 4.79 Å². The van der Waals surface area contributed by atoms with E-state index in [0.717, 1.165) is 32.5 Å². The molecule has 1 aliphatic heterocycles. The lowest BCUT2D eigenvalue weighted by molar-refractivity contribution is -0.384. The first kappa shape index (κ1) is 19.2. The van der Waals surface area contributed by atoms with Crippen LogP contribution in [0.1, 0.15) is 12.8 Å². The third-order valence-corrected chi connectivity index (χ3v) is 3.77. The number of carbonyl (C=O) groups is 1. The van der Waals surface area contributed by atoms with Crippen molar-refractivity contribution in [2.24, 2.45) is 5.92 Å². The fourth-order valence-corrected chi connectivity index (χ4v) is 2.65. The highest BCUT2D eigenvalue weighted by molar-refractivity contribution is 5.85. The molecular weight excluding hydrogens is 322 g/mol. The molecule has 0 bridgehead atoms. The third kappa shape index (κ3) is 5.69. The fraction of sp³-hybridized carbons (Fsp3) is 0.533. The number of ether oxygens (including phenoxy) is 1. The van der Waals surface area contributed by atoms with Gasteiger partial charge in [0, 0.05) is 25.2 Å². The summed E-state index contributed by atoms with van der Waals surface area (Å²) in [4.78, 5) is 24.1. The van der Waals surface area contributed by atoms with Crippen LogP contribution in [0.4, 0.5) is 5.69 Å². The molecule has 23 heavy (non-hydrogen) atoms. The van der Waals surface area contributed by atoms with Crippen molar-refractivity contribution in [2.75, 3.05) is 33.3 Å². The molecule has 128 valence electrons. The predicted octanol–water partition coefficient (Wildman–Crippen LogP) is 1.85. The predicted molar refractivity (Wildman–Crippen MR) is 89.1 cm³/mol. The topological polar surface area (TPSA) is 84.7 Å². The van der Waals surface area contributed by atoms with E-state index < -0.39 is 4.92 Å². The molecule has 0 radical (unpaired) electrons. The van der Waals surface area contributed by atoms with Crippen molar-refractivity contribution in [2.45, 2.75) is 12.8 Å². The second-order valence-electron chi connectivity index (χ2n) is 5.45. The van der Waals surface area contributed by atoms with E-state index >= 15 is 0 Å². The molecule has 0 aliphatic carbocycles. The number of nitro groups is 1. The van der Waals surface area contributed by atoms with Gasteiger partial charge in [0.1, 0.15) is 5.75 Å². The highest BCUT2D eigenvalue weighted by Crippen LogP contribution is 2.18. The Bertz CT molecular complexity index is 522. The maximum Gasteiger partial charge on any atom is 0.269 e. The van der Waals surface area contributed by atoms with Gasteiger partial charge in [-0.05, 0) is 44.5 Å². The minimum atomic E-state index is -0.468. The van der Waals surface area contributed by atoms with Crippen LogP contribution in [-0.4, -0.2) is 49.0 Å². The summed E-state index contributed by atoms with van der Waals surface area (Å²) in [5.41, 5.74) is 0.00427. The summed E-state index contributed by atoms with van der Waals surface area (Å²) in [6.07, 6.45) is 2.14. The Morgan fingerprint density at radius 3 is 2.74 bits per heavy atom. The number of nitrogens with zero attached hydrogens (tertiary/aromatic N) is 2. The lowest BCUT2D eigenvalue weighted by atomic mass is 9.98.